The second kappa shape index (κ2) is 7.83. The number of nitrogens with one attached hydrogen (secondary N) is 1. The molecule has 0 aliphatic carbocycles. The van der Waals surface area contributed by atoms with Gasteiger partial charge in [-0.2, -0.15) is 5.01 Å². The first-order valence-electron chi connectivity index (χ1n) is 6.30. The van der Waals surface area contributed by atoms with Crippen LogP contribution in [0, 0.1) is 0 Å². The summed E-state index contributed by atoms with van der Waals surface area (Å²) >= 11 is 0. The van der Waals surface area contributed by atoms with Crippen molar-refractivity contribution in [3.05, 3.63) is 18.2 Å². The Morgan fingerprint density at radius 2 is 1.90 bits per heavy atom. The number of nitrogens with zero attached hydrogens (tertiary/aromatic N) is 1. The molecule has 2 amide bonds. The molecule has 1 aromatic rings. The second-order valence-electron chi connectivity index (χ2n) is 3.72. The van der Waals surface area contributed by atoms with Crippen LogP contribution in [0.15, 0.2) is 18.2 Å². The molecule has 0 heterocycles. The number of methoxy groups -OCH3 is 1. The van der Waals surface area contributed by atoms with Crippen LogP contribution in [0.25, 0.3) is 0 Å². The summed E-state index contributed by atoms with van der Waals surface area (Å²) in [6.07, 6.45) is -1.60. The van der Waals surface area contributed by atoms with Crippen molar-refractivity contribution in [2.24, 2.45) is 0 Å². The Labute approximate surface area is 122 Å². The zero-order chi connectivity index (χ0) is 15.8. The summed E-state index contributed by atoms with van der Waals surface area (Å²) in [5.74, 6) is 0.0497. The average Bonchev–Trinajstić information content (AvgIpc) is 2.46. The predicted molar refractivity (Wildman–Crippen MR) is 74.3 cm³/mol. The molecule has 0 bridgehead atoms. The van der Waals surface area contributed by atoms with Crippen molar-refractivity contribution in [3.63, 3.8) is 0 Å². The molecule has 8 nitrogen and oxygen atoms in total. The number of phenols is 1. The van der Waals surface area contributed by atoms with Crippen LogP contribution in [0.2, 0.25) is 0 Å². The fraction of sp³-hybridized carbons (Fsp3) is 0.385. The van der Waals surface area contributed by atoms with Crippen LogP contribution in [0.1, 0.15) is 13.8 Å². The van der Waals surface area contributed by atoms with Gasteiger partial charge >= 0.3 is 12.2 Å². The second-order valence-corrected chi connectivity index (χ2v) is 3.72. The van der Waals surface area contributed by atoms with E-state index in [1.54, 1.807) is 13.8 Å². The van der Waals surface area contributed by atoms with Crippen molar-refractivity contribution in [1.29, 1.82) is 0 Å². The van der Waals surface area contributed by atoms with E-state index in [4.69, 9.17) is 14.2 Å². The van der Waals surface area contributed by atoms with Crippen LogP contribution in [-0.4, -0.2) is 37.6 Å². The smallest absolute Gasteiger partial charge is 0.433 e. The van der Waals surface area contributed by atoms with E-state index >= 15 is 0 Å². The SMILES string of the molecule is CCOC(=O)NN(C(=O)OCC)c1ccc(O)c(OC)c1. The summed E-state index contributed by atoms with van der Waals surface area (Å²) in [6.45, 7) is 3.56. The van der Waals surface area contributed by atoms with Crippen molar-refractivity contribution in [3.8, 4) is 11.5 Å². The van der Waals surface area contributed by atoms with Gasteiger partial charge in [0.2, 0.25) is 0 Å². The largest absolute Gasteiger partial charge is 0.504 e. The number of amides is 2. The summed E-state index contributed by atoms with van der Waals surface area (Å²) in [6, 6.07) is 4.12. The van der Waals surface area contributed by atoms with E-state index in [-0.39, 0.29) is 30.4 Å². The number of hydrogen-bond acceptors (Lipinski definition) is 6. The highest BCUT2D eigenvalue weighted by atomic mass is 16.6. The van der Waals surface area contributed by atoms with Crippen LogP contribution in [0.5, 0.6) is 11.5 Å². The van der Waals surface area contributed by atoms with Gasteiger partial charge in [0, 0.05) is 6.07 Å². The van der Waals surface area contributed by atoms with E-state index in [0.717, 1.165) is 5.01 Å². The minimum atomic E-state index is -0.808. The molecule has 21 heavy (non-hydrogen) atoms. The molecule has 1 rings (SSSR count). The lowest BCUT2D eigenvalue weighted by molar-refractivity contribution is 0.138. The Bertz CT molecular complexity index is 505. The molecule has 8 heteroatoms. The van der Waals surface area contributed by atoms with Gasteiger partial charge in [0.1, 0.15) is 0 Å². The molecule has 0 aliphatic rings. The van der Waals surface area contributed by atoms with Crippen LogP contribution >= 0.6 is 0 Å². The Hall–Kier alpha value is -2.64. The van der Waals surface area contributed by atoms with Gasteiger partial charge in [-0.1, -0.05) is 0 Å². The normalized spacial score (nSPS) is 9.67. The molecule has 0 aromatic heterocycles. The van der Waals surface area contributed by atoms with Crippen molar-refractivity contribution < 1.29 is 28.9 Å². The maximum atomic E-state index is 11.9. The zero-order valence-corrected chi connectivity index (χ0v) is 12.1. The number of anilines is 1. The first kappa shape index (κ1) is 16.4. The van der Waals surface area contributed by atoms with E-state index in [9.17, 15) is 14.7 Å². The van der Waals surface area contributed by atoms with E-state index in [0.29, 0.717) is 0 Å². The number of benzene rings is 1. The standard InChI is InChI=1S/C13H18N2O6/c1-4-20-12(17)14-15(13(18)21-5-2)9-6-7-10(16)11(8-9)19-3/h6-8,16H,4-5H2,1-3H3,(H,14,17). The zero-order valence-electron chi connectivity index (χ0n) is 12.1. The number of hydrogen-bond donors (Lipinski definition) is 2. The Balaban J connectivity index is 3.05. The molecular weight excluding hydrogens is 280 g/mol. The highest BCUT2D eigenvalue weighted by molar-refractivity contribution is 5.90. The molecular formula is C13H18N2O6. The lowest BCUT2D eigenvalue weighted by Gasteiger charge is -2.22. The van der Waals surface area contributed by atoms with Crippen molar-refractivity contribution in [2.45, 2.75) is 13.8 Å². The molecule has 0 aliphatic heterocycles. The van der Waals surface area contributed by atoms with Crippen LogP contribution in [-0.2, 0) is 9.47 Å². The number of hydrazine groups is 1. The third kappa shape index (κ3) is 4.44. The molecule has 0 saturated carbocycles. The lowest BCUT2D eigenvalue weighted by Crippen LogP contribution is -2.47. The fourth-order valence-electron chi connectivity index (χ4n) is 1.46. The quantitative estimate of drug-likeness (QED) is 0.825. The van der Waals surface area contributed by atoms with Crippen LogP contribution in [0.4, 0.5) is 15.3 Å². The van der Waals surface area contributed by atoms with Crippen LogP contribution in [0.3, 0.4) is 0 Å². The Morgan fingerprint density at radius 3 is 2.48 bits per heavy atom. The van der Waals surface area contributed by atoms with Crippen molar-refractivity contribution >= 4 is 17.9 Å². The van der Waals surface area contributed by atoms with Gasteiger partial charge in [0.25, 0.3) is 0 Å². The maximum Gasteiger partial charge on any atom is 0.433 e. The predicted octanol–water partition coefficient (Wildman–Crippen LogP) is 2.02. The van der Waals surface area contributed by atoms with Crippen LogP contribution < -0.4 is 15.2 Å². The third-order valence-electron chi connectivity index (χ3n) is 2.35. The number of aromatic hydroxyl groups is 1. The number of ether oxygens (including phenoxy) is 3. The number of phenolic OH excluding ortho intramolecular Hbond substituents is 1. The molecule has 0 saturated heterocycles. The van der Waals surface area contributed by atoms with Gasteiger partial charge in [-0.05, 0) is 26.0 Å². The molecule has 2 N–H and O–H groups in total. The Kier molecular flexibility index (Phi) is 6.12. The summed E-state index contributed by atoms with van der Waals surface area (Å²) in [5, 5.41) is 10.4. The van der Waals surface area contributed by atoms with Gasteiger partial charge in [-0.15, -0.1) is 0 Å². The average molecular weight is 298 g/mol. The topological polar surface area (TPSA) is 97.3 Å². The molecule has 0 atom stereocenters. The van der Waals surface area contributed by atoms with Crippen molar-refractivity contribution in [1.82, 2.24) is 5.43 Å². The third-order valence-corrected chi connectivity index (χ3v) is 2.35. The number of carbonyl (C=O) groups excluding carboxylic acids is 2. The first-order chi connectivity index (χ1) is 10.0. The van der Waals surface area contributed by atoms with E-state index in [2.05, 4.69) is 5.43 Å². The monoisotopic (exact) mass is 298 g/mol. The minimum absolute atomic E-state index is 0.0961. The highest BCUT2D eigenvalue weighted by Gasteiger charge is 2.21. The van der Waals surface area contributed by atoms with Gasteiger partial charge in [-0.3, -0.25) is 0 Å². The van der Waals surface area contributed by atoms with E-state index in [1.807, 2.05) is 0 Å². The summed E-state index contributed by atoms with van der Waals surface area (Å²) in [5.41, 5.74) is 2.50. The minimum Gasteiger partial charge on any atom is -0.504 e. The number of rotatable bonds is 4. The molecule has 1 aromatic carbocycles. The molecule has 0 fully saturated rings. The van der Waals surface area contributed by atoms with Gasteiger partial charge in [0.05, 0.1) is 26.0 Å². The summed E-state index contributed by atoms with van der Waals surface area (Å²) in [7, 11) is 1.37. The van der Waals surface area contributed by atoms with Gasteiger partial charge < -0.3 is 19.3 Å². The maximum absolute atomic E-state index is 11.9. The van der Waals surface area contributed by atoms with E-state index in [1.165, 1.54) is 25.3 Å². The Morgan fingerprint density at radius 1 is 1.24 bits per heavy atom. The molecule has 0 radical (unpaired) electrons. The van der Waals surface area contributed by atoms with Gasteiger partial charge in [-0.25, -0.2) is 15.0 Å². The first-order valence-corrected chi connectivity index (χ1v) is 6.30. The lowest BCUT2D eigenvalue weighted by atomic mass is 10.2. The molecule has 116 valence electrons. The number of carbonyl (C=O) groups is 2. The summed E-state index contributed by atoms with van der Waals surface area (Å²) < 4.78 is 14.5. The fourth-order valence-corrected chi connectivity index (χ4v) is 1.46. The highest BCUT2D eigenvalue weighted by Crippen LogP contribution is 2.30. The van der Waals surface area contributed by atoms with E-state index < -0.39 is 12.2 Å². The van der Waals surface area contributed by atoms with Crippen molar-refractivity contribution in [2.75, 3.05) is 25.3 Å². The summed E-state index contributed by atoms with van der Waals surface area (Å²) in [4.78, 5) is 23.4. The molecule has 0 unspecified atom stereocenters. The van der Waals surface area contributed by atoms with Gasteiger partial charge in [0.15, 0.2) is 11.5 Å². The molecule has 0 spiro atoms.